The summed E-state index contributed by atoms with van der Waals surface area (Å²) in [4.78, 5) is 3.23. The van der Waals surface area contributed by atoms with Crippen molar-refractivity contribution in [2.75, 3.05) is 0 Å². The van der Waals surface area contributed by atoms with Gasteiger partial charge in [0.1, 0.15) is 11.6 Å². The van der Waals surface area contributed by atoms with Crippen LogP contribution in [0.15, 0.2) is 12.3 Å². The van der Waals surface area contributed by atoms with Crippen molar-refractivity contribution >= 4 is 11.6 Å². The highest BCUT2D eigenvalue weighted by atomic mass is 35.5. The summed E-state index contributed by atoms with van der Waals surface area (Å²) in [5.41, 5.74) is -0.132. The van der Waals surface area contributed by atoms with Gasteiger partial charge in [0.15, 0.2) is 0 Å². The van der Waals surface area contributed by atoms with Crippen molar-refractivity contribution in [3.8, 4) is 6.07 Å². The van der Waals surface area contributed by atoms with Gasteiger partial charge in [-0.1, -0.05) is 11.6 Å². The Hall–Kier alpha value is -1.14. The highest BCUT2D eigenvalue weighted by molar-refractivity contribution is 6.30. The van der Waals surface area contributed by atoms with Crippen LogP contribution in [-0.4, -0.2) is 4.98 Å². The molecule has 2 nitrogen and oxygen atoms in total. The zero-order chi connectivity index (χ0) is 7.56. The molecule has 50 valence electrons. The predicted octanol–water partition coefficient (Wildman–Crippen LogP) is 1.75. The lowest BCUT2D eigenvalue weighted by molar-refractivity contribution is 0.580. The van der Waals surface area contributed by atoms with E-state index in [1.54, 1.807) is 6.07 Å². The van der Waals surface area contributed by atoms with Crippen LogP contribution in [0.25, 0.3) is 0 Å². The van der Waals surface area contributed by atoms with E-state index in [1.165, 1.54) is 6.07 Å². The average molecular weight is 157 g/mol. The van der Waals surface area contributed by atoms with E-state index < -0.39 is 5.95 Å². The predicted molar refractivity (Wildman–Crippen MR) is 33.9 cm³/mol. The second kappa shape index (κ2) is 2.63. The SMILES string of the molecule is N#Cc1cc(Cl)cnc1F. The van der Waals surface area contributed by atoms with E-state index in [0.717, 1.165) is 6.20 Å². The van der Waals surface area contributed by atoms with Crippen LogP contribution in [0.2, 0.25) is 5.02 Å². The third-order valence-electron chi connectivity index (χ3n) is 0.926. The van der Waals surface area contributed by atoms with Crippen molar-refractivity contribution in [3.63, 3.8) is 0 Å². The van der Waals surface area contributed by atoms with E-state index in [1.807, 2.05) is 0 Å². The zero-order valence-corrected chi connectivity index (χ0v) is 5.56. The van der Waals surface area contributed by atoms with Crippen molar-refractivity contribution < 1.29 is 4.39 Å². The molecule has 0 amide bonds. The summed E-state index contributed by atoms with van der Waals surface area (Å²) in [5.74, 6) is -0.785. The van der Waals surface area contributed by atoms with Crippen LogP contribution >= 0.6 is 11.6 Å². The molecule has 1 aromatic heterocycles. The molecule has 0 aromatic carbocycles. The molecule has 0 fully saturated rings. The Morgan fingerprint density at radius 3 is 2.90 bits per heavy atom. The Labute approximate surface area is 61.9 Å². The first-order chi connectivity index (χ1) is 4.74. The van der Waals surface area contributed by atoms with Crippen LogP contribution in [0, 0.1) is 17.3 Å². The lowest BCUT2D eigenvalue weighted by atomic mass is 10.3. The lowest BCUT2D eigenvalue weighted by Crippen LogP contribution is -1.86. The number of hydrogen-bond donors (Lipinski definition) is 0. The number of nitriles is 1. The molecule has 0 aliphatic heterocycles. The van der Waals surface area contributed by atoms with Gasteiger partial charge in [-0.2, -0.15) is 9.65 Å². The highest BCUT2D eigenvalue weighted by Crippen LogP contribution is 2.10. The monoisotopic (exact) mass is 156 g/mol. The molecular formula is C6H2ClFN2. The van der Waals surface area contributed by atoms with Gasteiger partial charge < -0.3 is 0 Å². The van der Waals surface area contributed by atoms with Crippen LogP contribution < -0.4 is 0 Å². The Morgan fingerprint density at radius 2 is 2.40 bits per heavy atom. The molecule has 0 spiro atoms. The van der Waals surface area contributed by atoms with Crippen LogP contribution in [-0.2, 0) is 0 Å². The van der Waals surface area contributed by atoms with Gasteiger partial charge in [0, 0.05) is 6.20 Å². The number of pyridine rings is 1. The first-order valence-corrected chi connectivity index (χ1v) is 2.83. The number of nitrogens with zero attached hydrogens (tertiary/aromatic N) is 2. The standard InChI is InChI=1S/C6H2ClFN2/c7-5-1-4(2-9)6(8)10-3-5/h1,3H. The molecule has 0 N–H and O–H groups in total. The molecule has 0 atom stereocenters. The van der Waals surface area contributed by atoms with Crippen LogP contribution in [0.4, 0.5) is 4.39 Å². The third kappa shape index (κ3) is 1.23. The van der Waals surface area contributed by atoms with Crippen molar-refractivity contribution in [2.45, 2.75) is 0 Å². The van der Waals surface area contributed by atoms with Crippen molar-refractivity contribution in [1.29, 1.82) is 5.26 Å². The largest absolute Gasteiger partial charge is 0.230 e. The minimum atomic E-state index is -0.785. The topological polar surface area (TPSA) is 36.7 Å². The summed E-state index contributed by atoms with van der Waals surface area (Å²) in [6.07, 6.45) is 1.15. The number of halogens is 2. The zero-order valence-electron chi connectivity index (χ0n) is 4.81. The molecule has 0 bridgehead atoms. The van der Waals surface area contributed by atoms with Gasteiger partial charge in [-0.05, 0) is 6.07 Å². The maximum atomic E-state index is 12.4. The first-order valence-electron chi connectivity index (χ1n) is 2.45. The van der Waals surface area contributed by atoms with Crippen LogP contribution in [0.1, 0.15) is 5.56 Å². The molecule has 0 saturated heterocycles. The summed E-state index contributed by atoms with van der Waals surface area (Å²) in [7, 11) is 0. The lowest BCUT2D eigenvalue weighted by Gasteiger charge is -1.90. The molecular weight excluding hydrogens is 155 g/mol. The Kier molecular flexibility index (Phi) is 1.83. The van der Waals surface area contributed by atoms with Crippen LogP contribution in [0.3, 0.4) is 0 Å². The molecule has 10 heavy (non-hydrogen) atoms. The number of aromatic nitrogens is 1. The molecule has 1 aromatic rings. The fourth-order valence-corrected chi connectivity index (χ4v) is 0.659. The summed E-state index contributed by atoms with van der Waals surface area (Å²) in [6, 6.07) is 2.84. The Balaban J connectivity index is 3.25. The summed E-state index contributed by atoms with van der Waals surface area (Å²) < 4.78 is 12.4. The normalized spacial score (nSPS) is 8.90. The molecule has 0 aliphatic rings. The molecule has 4 heteroatoms. The molecule has 1 heterocycles. The maximum Gasteiger partial charge on any atom is 0.230 e. The van der Waals surface area contributed by atoms with Crippen molar-refractivity contribution in [1.82, 2.24) is 4.98 Å². The van der Waals surface area contributed by atoms with Gasteiger partial charge in [0.25, 0.3) is 0 Å². The molecule has 0 aliphatic carbocycles. The molecule has 1 rings (SSSR count). The summed E-state index contributed by atoms with van der Waals surface area (Å²) >= 11 is 5.42. The minimum absolute atomic E-state index is 0.132. The average Bonchev–Trinajstić information content (AvgIpc) is 1.94. The van der Waals surface area contributed by atoms with E-state index >= 15 is 0 Å². The quantitative estimate of drug-likeness (QED) is 0.537. The van der Waals surface area contributed by atoms with Gasteiger partial charge in [-0.3, -0.25) is 0 Å². The van der Waals surface area contributed by atoms with E-state index in [9.17, 15) is 4.39 Å². The second-order valence-electron chi connectivity index (χ2n) is 1.60. The maximum absolute atomic E-state index is 12.4. The summed E-state index contributed by atoms with van der Waals surface area (Å²) in [6.45, 7) is 0. The van der Waals surface area contributed by atoms with E-state index in [-0.39, 0.29) is 10.6 Å². The third-order valence-corrected chi connectivity index (χ3v) is 1.13. The smallest absolute Gasteiger partial charge is 0.226 e. The van der Waals surface area contributed by atoms with E-state index in [4.69, 9.17) is 16.9 Å². The summed E-state index contributed by atoms with van der Waals surface area (Å²) in [5, 5.41) is 8.52. The van der Waals surface area contributed by atoms with Gasteiger partial charge in [-0.15, -0.1) is 0 Å². The molecule has 0 unspecified atom stereocenters. The molecule has 0 saturated carbocycles. The van der Waals surface area contributed by atoms with Gasteiger partial charge in [0.2, 0.25) is 5.95 Å². The van der Waals surface area contributed by atoms with E-state index in [2.05, 4.69) is 4.98 Å². The first kappa shape index (κ1) is 6.97. The fraction of sp³-hybridized carbons (Fsp3) is 0. The van der Waals surface area contributed by atoms with Gasteiger partial charge in [0.05, 0.1) is 5.02 Å². The Bertz CT molecular complexity index is 292. The number of rotatable bonds is 0. The minimum Gasteiger partial charge on any atom is -0.226 e. The van der Waals surface area contributed by atoms with Gasteiger partial charge in [-0.25, -0.2) is 4.98 Å². The van der Waals surface area contributed by atoms with Crippen molar-refractivity contribution in [2.24, 2.45) is 0 Å². The highest BCUT2D eigenvalue weighted by Gasteiger charge is 2.01. The second-order valence-corrected chi connectivity index (χ2v) is 2.04. The van der Waals surface area contributed by atoms with Gasteiger partial charge >= 0.3 is 0 Å². The van der Waals surface area contributed by atoms with E-state index in [0.29, 0.717) is 0 Å². The molecule has 0 radical (unpaired) electrons. The number of hydrogen-bond acceptors (Lipinski definition) is 2. The Morgan fingerprint density at radius 1 is 1.70 bits per heavy atom. The van der Waals surface area contributed by atoms with Crippen LogP contribution in [0.5, 0.6) is 0 Å². The van der Waals surface area contributed by atoms with Crippen molar-refractivity contribution in [3.05, 3.63) is 28.8 Å². The fourth-order valence-electron chi connectivity index (χ4n) is 0.501.